The molecule has 4 rings (SSSR count). The molecule has 0 aromatic heterocycles. The molecule has 1 aliphatic carbocycles. The maximum absolute atomic E-state index is 13.6. The normalized spacial score (nSPS) is 21.1. The first-order chi connectivity index (χ1) is 16.6. The van der Waals surface area contributed by atoms with Gasteiger partial charge < -0.3 is 0 Å². The topological polar surface area (TPSA) is 144 Å². The van der Waals surface area contributed by atoms with E-state index in [1.165, 1.54) is 30.3 Å². The highest BCUT2D eigenvalue weighted by atomic mass is 35.5. The predicted molar refractivity (Wildman–Crippen MR) is 123 cm³/mol. The Labute approximate surface area is 203 Å². The molecule has 0 spiro atoms. The summed E-state index contributed by atoms with van der Waals surface area (Å²) in [7, 11) is 0. The van der Waals surface area contributed by atoms with E-state index in [-0.39, 0.29) is 27.8 Å². The lowest BCUT2D eigenvalue weighted by molar-refractivity contribution is -0.385. The number of carbonyl (C=O) groups excluding carboxylic acids is 3. The largest absolute Gasteiger partial charge is 0.275 e. The van der Waals surface area contributed by atoms with E-state index in [0.29, 0.717) is 6.42 Å². The number of hydrogen-bond donors (Lipinski definition) is 0. The first kappa shape index (κ1) is 24.0. The van der Waals surface area contributed by atoms with Crippen LogP contribution in [-0.4, -0.2) is 37.6 Å². The van der Waals surface area contributed by atoms with Crippen molar-refractivity contribution in [3.8, 4) is 0 Å². The fourth-order valence-electron chi connectivity index (χ4n) is 4.51. The standard InChI is InChI=1S/C23H19ClN4O7/c1-13-4-2-7-18-20(13)23(31)26(22(18)30)25(12-15-8-9-16(24)11-19(15)28(34)35)21(29)14-5-3-6-17(10-14)27(32)33/h2-6,8-11,13,18,20H,7,12H2,1H3/t13-,18-,20+/m1/s1. The van der Waals surface area contributed by atoms with E-state index in [9.17, 15) is 34.6 Å². The zero-order chi connectivity index (χ0) is 25.4. The number of non-ortho nitro benzene ring substituents is 1. The van der Waals surface area contributed by atoms with Crippen LogP contribution in [0.4, 0.5) is 11.4 Å². The van der Waals surface area contributed by atoms with E-state index in [2.05, 4.69) is 0 Å². The third-order valence-corrected chi connectivity index (χ3v) is 6.43. The van der Waals surface area contributed by atoms with Gasteiger partial charge in [-0.3, -0.25) is 34.6 Å². The van der Waals surface area contributed by atoms with Gasteiger partial charge in [-0.15, -0.1) is 0 Å². The van der Waals surface area contributed by atoms with Crippen LogP contribution in [0.2, 0.25) is 5.02 Å². The molecule has 1 saturated heterocycles. The molecule has 0 unspecified atom stereocenters. The summed E-state index contributed by atoms with van der Waals surface area (Å²) in [6.07, 6.45) is 3.94. The molecular formula is C23H19ClN4O7. The van der Waals surface area contributed by atoms with Gasteiger partial charge in [0.1, 0.15) is 0 Å². The minimum absolute atomic E-state index is 0.0276. The Balaban J connectivity index is 1.80. The fraction of sp³-hybridized carbons (Fsp3) is 0.261. The number of halogens is 1. The van der Waals surface area contributed by atoms with Crippen LogP contribution in [0.15, 0.2) is 54.6 Å². The summed E-state index contributed by atoms with van der Waals surface area (Å²) in [6.45, 7) is 1.28. The van der Waals surface area contributed by atoms with E-state index in [1.807, 2.05) is 6.08 Å². The van der Waals surface area contributed by atoms with Crippen LogP contribution in [0.25, 0.3) is 0 Å². The summed E-state index contributed by atoms with van der Waals surface area (Å²) in [4.78, 5) is 61.8. The van der Waals surface area contributed by atoms with E-state index < -0.39 is 51.6 Å². The highest BCUT2D eigenvalue weighted by molar-refractivity contribution is 6.30. The number of nitro benzene ring substituents is 2. The second-order valence-electron chi connectivity index (χ2n) is 8.34. The van der Waals surface area contributed by atoms with Crippen molar-refractivity contribution >= 4 is 40.7 Å². The molecule has 35 heavy (non-hydrogen) atoms. The van der Waals surface area contributed by atoms with Crippen molar-refractivity contribution in [2.24, 2.45) is 17.8 Å². The van der Waals surface area contributed by atoms with Gasteiger partial charge >= 0.3 is 0 Å². The van der Waals surface area contributed by atoms with Crippen LogP contribution in [0.5, 0.6) is 0 Å². The maximum Gasteiger partial charge on any atom is 0.275 e. The van der Waals surface area contributed by atoms with Gasteiger partial charge in [-0.05, 0) is 30.5 Å². The van der Waals surface area contributed by atoms with Crippen molar-refractivity contribution in [2.45, 2.75) is 19.9 Å². The molecule has 1 heterocycles. The smallest absolute Gasteiger partial charge is 0.272 e. The molecule has 1 aliphatic heterocycles. The second kappa shape index (κ2) is 9.26. The molecule has 0 N–H and O–H groups in total. The van der Waals surface area contributed by atoms with Crippen LogP contribution < -0.4 is 0 Å². The molecule has 2 aromatic carbocycles. The van der Waals surface area contributed by atoms with Gasteiger partial charge in [0.15, 0.2) is 0 Å². The number of carbonyl (C=O) groups is 3. The predicted octanol–water partition coefficient (Wildman–Crippen LogP) is 3.91. The number of imide groups is 1. The van der Waals surface area contributed by atoms with Crippen molar-refractivity contribution < 1.29 is 24.2 Å². The monoisotopic (exact) mass is 498 g/mol. The summed E-state index contributed by atoms with van der Waals surface area (Å²) in [5.74, 6) is -3.72. The molecule has 0 bridgehead atoms. The molecule has 11 nitrogen and oxygen atoms in total. The summed E-state index contributed by atoms with van der Waals surface area (Å²) < 4.78 is 0. The van der Waals surface area contributed by atoms with Gasteiger partial charge in [-0.1, -0.05) is 36.7 Å². The van der Waals surface area contributed by atoms with Gasteiger partial charge in [0.05, 0.1) is 33.8 Å². The van der Waals surface area contributed by atoms with Gasteiger partial charge in [-0.25, -0.2) is 5.01 Å². The number of nitrogens with zero attached hydrogens (tertiary/aromatic N) is 4. The molecular weight excluding hydrogens is 480 g/mol. The number of rotatable bonds is 6. The van der Waals surface area contributed by atoms with E-state index in [1.54, 1.807) is 13.0 Å². The van der Waals surface area contributed by atoms with Gasteiger partial charge in [0, 0.05) is 28.8 Å². The molecule has 2 aliphatic rings. The van der Waals surface area contributed by atoms with Crippen molar-refractivity contribution in [2.75, 3.05) is 0 Å². The molecule has 0 saturated carbocycles. The third-order valence-electron chi connectivity index (χ3n) is 6.19. The van der Waals surface area contributed by atoms with Crippen LogP contribution in [0, 0.1) is 38.0 Å². The van der Waals surface area contributed by atoms with E-state index in [4.69, 9.17) is 11.6 Å². The van der Waals surface area contributed by atoms with Crippen LogP contribution in [0.1, 0.15) is 29.3 Å². The quantitative estimate of drug-likeness (QED) is 0.254. The van der Waals surface area contributed by atoms with Crippen molar-refractivity contribution in [1.29, 1.82) is 0 Å². The number of fused-ring (bicyclic) bond motifs is 1. The third kappa shape index (κ3) is 4.37. The number of hydrogen-bond acceptors (Lipinski definition) is 7. The average Bonchev–Trinajstić information content (AvgIpc) is 3.08. The molecule has 12 heteroatoms. The Hall–Kier alpha value is -4.12. The van der Waals surface area contributed by atoms with Gasteiger partial charge in [-0.2, -0.15) is 5.01 Å². The van der Waals surface area contributed by atoms with Crippen molar-refractivity contribution in [3.63, 3.8) is 0 Å². The Morgan fingerprint density at radius 1 is 1.11 bits per heavy atom. The summed E-state index contributed by atoms with van der Waals surface area (Å²) in [5.41, 5.74) is -0.892. The fourth-order valence-corrected chi connectivity index (χ4v) is 4.67. The number of allylic oxidation sites excluding steroid dienone is 2. The van der Waals surface area contributed by atoms with Crippen LogP contribution in [-0.2, 0) is 16.1 Å². The minimum Gasteiger partial charge on any atom is -0.272 e. The van der Waals surface area contributed by atoms with Crippen molar-refractivity contribution in [1.82, 2.24) is 10.0 Å². The van der Waals surface area contributed by atoms with Crippen molar-refractivity contribution in [3.05, 3.63) is 91.0 Å². The minimum atomic E-state index is -0.890. The van der Waals surface area contributed by atoms with Gasteiger partial charge in [0.25, 0.3) is 29.1 Å². The molecule has 2 aromatic rings. The maximum atomic E-state index is 13.6. The molecule has 3 amide bonds. The summed E-state index contributed by atoms with van der Waals surface area (Å²) in [6, 6.07) is 8.64. The lowest BCUT2D eigenvalue weighted by Crippen LogP contribution is -2.50. The van der Waals surface area contributed by atoms with E-state index in [0.717, 1.165) is 22.2 Å². The average molecular weight is 499 g/mol. The first-order valence-electron chi connectivity index (χ1n) is 10.6. The second-order valence-corrected chi connectivity index (χ2v) is 8.78. The number of benzene rings is 2. The lowest BCUT2D eigenvalue weighted by Gasteiger charge is -2.30. The number of nitro groups is 2. The Kier molecular flexibility index (Phi) is 6.35. The summed E-state index contributed by atoms with van der Waals surface area (Å²) >= 11 is 5.90. The Morgan fingerprint density at radius 2 is 1.86 bits per heavy atom. The van der Waals surface area contributed by atoms with Crippen LogP contribution in [0.3, 0.4) is 0 Å². The highest BCUT2D eigenvalue weighted by Crippen LogP contribution is 2.40. The Morgan fingerprint density at radius 3 is 2.51 bits per heavy atom. The summed E-state index contributed by atoms with van der Waals surface area (Å²) in [5, 5.41) is 24.5. The number of hydrazine groups is 1. The Bertz CT molecular complexity index is 1290. The van der Waals surface area contributed by atoms with E-state index >= 15 is 0 Å². The molecule has 0 radical (unpaired) electrons. The first-order valence-corrected chi connectivity index (χ1v) is 11.0. The molecule has 1 fully saturated rings. The van der Waals surface area contributed by atoms with Gasteiger partial charge in [0.2, 0.25) is 0 Å². The lowest BCUT2D eigenvalue weighted by atomic mass is 9.78. The molecule has 180 valence electrons. The SMILES string of the molecule is C[C@@H]1C=CC[C@H]2C(=O)N(N(Cc3ccc(Cl)cc3[N+](=O)[O-])C(=O)c3cccc([N+](=O)[O-])c3)C(=O)[C@@H]12. The zero-order valence-corrected chi connectivity index (χ0v) is 19.1. The number of amides is 3. The highest BCUT2D eigenvalue weighted by Gasteiger charge is 2.53. The molecule has 3 atom stereocenters. The van der Waals surface area contributed by atoms with Crippen LogP contribution >= 0.6 is 11.6 Å². The zero-order valence-electron chi connectivity index (χ0n) is 18.4.